The standard InChI is InChI=1S/C36H32N2O7S/c1-4-43-25-14-11-23(12-15-25)33(39)31-32(24-13-18-28(29(19-24)44-5-2)45-21-22-9-7-6-8-10-22)38(35(41)34(31)40)36-37-27-17-16-26(42-3)20-30(27)46-36/h6-20,32,39H,4-5,21H2,1-3H3. The lowest BCUT2D eigenvalue weighted by Crippen LogP contribution is -2.29. The minimum atomic E-state index is -1.00. The molecule has 4 aromatic carbocycles. The van der Waals surface area contributed by atoms with Crippen molar-refractivity contribution in [3.63, 3.8) is 0 Å². The average Bonchev–Trinajstić information content (AvgIpc) is 3.62. The molecule has 0 aliphatic carbocycles. The summed E-state index contributed by atoms with van der Waals surface area (Å²) in [7, 11) is 1.58. The van der Waals surface area contributed by atoms with E-state index in [4.69, 9.17) is 23.9 Å². The zero-order valence-electron chi connectivity index (χ0n) is 25.6. The molecule has 2 heterocycles. The molecule has 0 saturated carbocycles. The number of hydrogen-bond acceptors (Lipinski definition) is 9. The fraction of sp³-hybridized carbons (Fsp3) is 0.194. The number of ether oxygens (including phenoxy) is 4. The Morgan fingerprint density at radius 1 is 0.848 bits per heavy atom. The number of rotatable bonds is 11. The molecule has 1 atom stereocenters. The Bertz CT molecular complexity index is 1920. The zero-order chi connectivity index (χ0) is 32.2. The predicted octanol–water partition coefficient (Wildman–Crippen LogP) is 7.31. The number of benzene rings is 4. The maximum Gasteiger partial charge on any atom is 0.301 e. The van der Waals surface area contributed by atoms with Crippen LogP contribution in [0.3, 0.4) is 0 Å². The molecule has 1 saturated heterocycles. The van der Waals surface area contributed by atoms with E-state index in [1.807, 2.05) is 50.2 Å². The van der Waals surface area contributed by atoms with Gasteiger partial charge >= 0.3 is 5.91 Å². The lowest BCUT2D eigenvalue weighted by molar-refractivity contribution is -0.132. The lowest BCUT2D eigenvalue weighted by Gasteiger charge is -2.24. The van der Waals surface area contributed by atoms with Crippen molar-refractivity contribution in [2.24, 2.45) is 0 Å². The van der Waals surface area contributed by atoms with Crippen LogP contribution >= 0.6 is 11.3 Å². The molecule has 9 nitrogen and oxygen atoms in total. The second-order valence-electron chi connectivity index (χ2n) is 10.4. The van der Waals surface area contributed by atoms with Gasteiger partial charge in [0.15, 0.2) is 16.6 Å². The molecule has 1 fully saturated rings. The maximum atomic E-state index is 13.8. The molecule has 5 aromatic rings. The summed E-state index contributed by atoms with van der Waals surface area (Å²) in [5.74, 6) is 0.278. The third-order valence-electron chi connectivity index (χ3n) is 7.49. The number of aliphatic hydroxyl groups excluding tert-OH is 1. The number of Topliss-reactive ketones (excluding diaryl/α,β-unsaturated/α-hetero) is 1. The molecule has 1 aliphatic rings. The number of carbonyl (C=O) groups excluding carboxylic acids is 2. The summed E-state index contributed by atoms with van der Waals surface area (Å²) in [6, 6.07) is 26.2. The van der Waals surface area contributed by atoms with Crippen molar-refractivity contribution >= 4 is 44.1 Å². The van der Waals surface area contributed by atoms with Crippen molar-refractivity contribution in [3.05, 3.63) is 113 Å². The highest BCUT2D eigenvalue weighted by Gasteiger charge is 2.48. The number of aliphatic hydroxyl groups is 1. The van der Waals surface area contributed by atoms with E-state index in [0.717, 1.165) is 10.3 Å². The summed E-state index contributed by atoms with van der Waals surface area (Å²) in [6.45, 7) is 4.91. The van der Waals surface area contributed by atoms with Gasteiger partial charge in [-0.2, -0.15) is 0 Å². The average molecular weight is 637 g/mol. The molecule has 6 rings (SSSR count). The summed E-state index contributed by atoms with van der Waals surface area (Å²) in [6.07, 6.45) is 0. The topological polar surface area (TPSA) is 107 Å². The highest BCUT2D eigenvalue weighted by molar-refractivity contribution is 7.22. The summed E-state index contributed by atoms with van der Waals surface area (Å²) in [4.78, 5) is 33.6. The molecule has 46 heavy (non-hydrogen) atoms. The van der Waals surface area contributed by atoms with Crippen LogP contribution in [0, 0.1) is 0 Å². The normalized spacial score (nSPS) is 15.7. The van der Waals surface area contributed by atoms with E-state index in [-0.39, 0.29) is 11.3 Å². The number of amides is 1. The van der Waals surface area contributed by atoms with Crippen LogP contribution in [0.4, 0.5) is 5.13 Å². The van der Waals surface area contributed by atoms with Crippen LogP contribution < -0.4 is 23.8 Å². The van der Waals surface area contributed by atoms with Gasteiger partial charge in [0.05, 0.1) is 42.2 Å². The number of carbonyl (C=O) groups is 2. The van der Waals surface area contributed by atoms with Gasteiger partial charge in [0, 0.05) is 5.56 Å². The smallest absolute Gasteiger partial charge is 0.301 e. The van der Waals surface area contributed by atoms with Crippen LogP contribution in [-0.2, 0) is 16.2 Å². The molecule has 1 unspecified atom stereocenters. The first-order chi connectivity index (χ1) is 22.4. The van der Waals surface area contributed by atoms with E-state index >= 15 is 0 Å². The Hall–Kier alpha value is -5.35. The number of anilines is 1. The molecular formula is C36H32N2O7S. The fourth-order valence-corrected chi connectivity index (χ4v) is 6.34. The Morgan fingerprint density at radius 3 is 2.30 bits per heavy atom. The molecule has 10 heteroatoms. The van der Waals surface area contributed by atoms with E-state index in [9.17, 15) is 14.7 Å². The van der Waals surface area contributed by atoms with Gasteiger partial charge in [-0.3, -0.25) is 14.5 Å². The van der Waals surface area contributed by atoms with Crippen LogP contribution in [0.15, 0.2) is 96.6 Å². The molecule has 234 valence electrons. The third-order valence-corrected chi connectivity index (χ3v) is 8.51. The molecule has 1 aromatic heterocycles. The van der Waals surface area contributed by atoms with Gasteiger partial charge in [-0.05, 0) is 79.6 Å². The highest BCUT2D eigenvalue weighted by Crippen LogP contribution is 2.46. The highest BCUT2D eigenvalue weighted by atomic mass is 32.1. The summed E-state index contributed by atoms with van der Waals surface area (Å²) in [5.41, 5.74) is 2.48. The minimum absolute atomic E-state index is 0.0635. The monoisotopic (exact) mass is 636 g/mol. The minimum Gasteiger partial charge on any atom is -0.507 e. The van der Waals surface area contributed by atoms with E-state index in [1.165, 1.54) is 16.2 Å². The number of hydrogen-bond donors (Lipinski definition) is 1. The van der Waals surface area contributed by atoms with Crippen LogP contribution in [0.5, 0.6) is 23.0 Å². The second kappa shape index (κ2) is 13.3. The number of ketones is 1. The van der Waals surface area contributed by atoms with E-state index in [0.29, 0.717) is 64.6 Å². The second-order valence-corrected chi connectivity index (χ2v) is 11.4. The van der Waals surface area contributed by atoms with Crippen molar-refractivity contribution in [3.8, 4) is 23.0 Å². The van der Waals surface area contributed by atoms with Crippen molar-refractivity contribution in [2.45, 2.75) is 26.5 Å². The van der Waals surface area contributed by atoms with E-state index in [1.54, 1.807) is 61.7 Å². The number of thiazole rings is 1. The zero-order valence-corrected chi connectivity index (χ0v) is 26.4. The molecule has 1 N–H and O–H groups in total. The SMILES string of the molecule is CCOc1ccc(C(O)=C2C(=O)C(=O)N(c3nc4ccc(OC)cc4s3)C2c2ccc(OCc3ccccc3)c(OCC)c2)cc1. The molecule has 0 radical (unpaired) electrons. The van der Waals surface area contributed by atoms with Gasteiger partial charge < -0.3 is 24.1 Å². The van der Waals surface area contributed by atoms with Crippen LogP contribution in [0.1, 0.15) is 36.6 Å². The quantitative estimate of drug-likeness (QED) is 0.0914. The summed E-state index contributed by atoms with van der Waals surface area (Å²) in [5, 5.41) is 11.9. The first kappa shape index (κ1) is 30.7. The summed E-state index contributed by atoms with van der Waals surface area (Å²) < 4.78 is 23.8. The predicted molar refractivity (Wildman–Crippen MR) is 177 cm³/mol. The van der Waals surface area contributed by atoms with E-state index in [2.05, 4.69) is 0 Å². The van der Waals surface area contributed by atoms with E-state index < -0.39 is 17.7 Å². The van der Waals surface area contributed by atoms with Gasteiger partial charge in [0.1, 0.15) is 23.9 Å². The van der Waals surface area contributed by atoms with Crippen LogP contribution in [-0.4, -0.2) is 42.1 Å². The molecule has 1 aliphatic heterocycles. The van der Waals surface area contributed by atoms with Gasteiger partial charge in [-0.1, -0.05) is 47.7 Å². The van der Waals surface area contributed by atoms with Gasteiger partial charge in [-0.15, -0.1) is 0 Å². The Labute approximate surface area is 270 Å². The Morgan fingerprint density at radius 2 is 1.59 bits per heavy atom. The fourth-order valence-electron chi connectivity index (χ4n) is 5.32. The number of aromatic nitrogens is 1. The molecular weight excluding hydrogens is 604 g/mol. The molecule has 0 bridgehead atoms. The Kier molecular flexibility index (Phi) is 8.89. The lowest BCUT2D eigenvalue weighted by atomic mass is 9.95. The summed E-state index contributed by atoms with van der Waals surface area (Å²) >= 11 is 1.25. The molecule has 0 spiro atoms. The van der Waals surface area contributed by atoms with Gasteiger partial charge in [0.2, 0.25) is 0 Å². The van der Waals surface area contributed by atoms with Crippen molar-refractivity contribution < 1.29 is 33.6 Å². The Balaban J connectivity index is 1.47. The van der Waals surface area contributed by atoms with Crippen molar-refractivity contribution in [2.75, 3.05) is 25.2 Å². The van der Waals surface area contributed by atoms with Gasteiger partial charge in [0.25, 0.3) is 5.78 Å². The van der Waals surface area contributed by atoms with Crippen LogP contribution in [0.2, 0.25) is 0 Å². The first-order valence-corrected chi connectivity index (χ1v) is 15.7. The number of fused-ring (bicyclic) bond motifs is 1. The van der Waals surface area contributed by atoms with Crippen LogP contribution in [0.25, 0.3) is 16.0 Å². The number of methoxy groups -OCH3 is 1. The first-order valence-electron chi connectivity index (χ1n) is 14.8. The molecule has 1 amide bonds. The third kappa shape index (κ3) is 5.99. The largest absolute Gasteiger partial charge is 0.507 e. The van der Waals surface area contributed by atoms with Crippen molar-refractivity contribution in [1.29, 1.82) is 0 Å². The van der Waals surface area contributed by atoms with Crippen molar-refractivity contribution in [1.82, 2.24) is 4.98 Å². The maximum absolute atomic E-state index is 13.8. The number of nitrogens with zero attached hydrogens (tertiary/aromatic N) is 2. The van der Waals surface area contributed by atoms with Gasteiger partial charge in [-0.25, -0.2) is 4.98 Å².